The van der Waals surface area contributed by atoms with Gasteiger partial charge in [0.25, 0.3) is 1.43 Å². The van der Waals surface area contributed by atoms with Crippen molar-refractivity contribution in [2.45, 2.75) is 31.3 Å². The van der Waals surface area contributed by atoms with E-state index in [1.54, 1.807) is 0 Å². The van der Waals surface area contributed by atoms with Crippen molar-refractivity contribution in [2.24, 2.45) is 11.5 Å². The molecule has 15 heavy (non-hydrogen) atoms. The minimum atomic E-state index is -2.11. The highest BCUT2D eigenvalue weighted by atomic mass is 16.4. The largest absolute Gasteiger partial charge is 0.481 e. The monoisotopic (exact) mass is 219 g/mol. The number of Topliss-reactive ketones (excluding diaryl/α,β-unsaturated/α-hetero) is 1. The Bertz CT molecular complexity index is 309. The van der Waals surface area contributed by atoms with Crippen molar-refractivity contribution in [3.05, 3.63) is 0 Å². The first-order chi connectivity index (χ1) is 7.29. The van der Waals surface area contributed by atoms with Gasteiger partial charge in [-0.15, -0.1) is 0 Å². The minimum absolute atomic E-state index is 0.148. The van der Waals surface area contributed by atoms with Crippen molar-refractivity contribution in [2.75, 3.05) is 0 Å². The van der Waals surface area contributed by atoms with E-state index in [9.17, 15) is 14.4 Å². The lowest BCUT2D eigenvalue weighted by molar-refractivity contribution is -0.150. The summed E-state index contributed by atoms with van der Waals surface area (Å²) in [5.41, 5.74) is 8.58. The molecule has 86 valence electrons. The Labute approximate surface area is 87.5 Å². The highest BCUT2D eigenvalue weighted by molar-refractivity contribution is 6.10. The zero-order chi connectivity index (χ0) is 12.9. The second kappa shape index (κ2) is 4.85. The summed E-state index contributed by atoms with van der Waals surface area (Å²) in [5.74, 6) is -3.49. The molecule has 7 heteroatoms. The average molecular weight is 219 g/mol. The summed E-state index contributed by atoms with van der Waals surface area (Å²) in [7, 11) is 0. The summed E-state index contributed by atoms with van der Waals surface area (Å²) in [6, 6.07) is -1.39. The van der Waals surface area contributed by atoms with Crippen molar-refractivity contribution < 1.29 is 24.6 Å². The standard InChI is InChI=1S/C8H14N2O5/c1-2-8(10,7(14)15)6(13)4(9)3-5(11)12/h4H,2-3,9-10H2,1H3,(H,11,12)(H,14,15)/t4-,8?/m0/s1/i/hD. The van der Waals surface area contributed by atoms with Crippen LogP contribution in [0.1, 0.15) is 19.8 Å². The second-order valence-electron chi connectivity index (χ2n) is 3.18. The Morgan fingerprint density at radius 1 is 1.53 bits per heavy atom. The highest BCUT2D eigenvalue weighted by Gasteiger charge is 2.43. The summed E-state index contributed by atoms with van der Waals surface area (Å²) < 4.78 is 6.26. The molecule has 6 N–H and O–H groups in total. The number of carboxylic acids is 2. The molecular weight excluding hydrogens is 204 g/mol. The van der Waals surface area contributed by atoms with Crippen molar-refractivity contribution in [3.63, 3.8) is 0 Å². The number of carboxylic acid groups (broad SMARTS) is 2. The Morgan fingerprint density at radius 3 is 2.40 bits per heavy atom. The van der Waals surface area contributed by atoms with Crippen LogP contribution < -0.4 is 11.5 Å². The van der Waals surface area contributed by atoms with Crippen LogP contribution in [0.4, 0.5) is 0 Å². The van der Waals surface area contributed by atoms with Crippen LogP contribution in [-0.2, 0) is 14.4 Å². The van der Waals surface area contributed by atoms with Gasteiger partial charge in [0.15, 0.2) is 11.3 Å². The van der Waals surface area contributed by atoms with Crippen molar-refractivity contribution in [3.8, 4) is 0 Å². The van der Waals surface area contributed by atoms with E-state index in [0.717, 1.165) is 0 Å². The first-order valence-corrected chi connectivity index (χ1v) is 4.27. The van der Waals surface area contributed by atoms with E-state index in [2.05, 4.69) is 5.11 Å². The first-order valence-electron chi connectivity index (χ1n) is 4.68. The molecule has 0 aliphatic carbocycles. The number of nitrogens with two attached hydrogens (primary N) is 2. The minimum Gasteiger partial charge on any atom is -0.481 e. The summed E-state index contributed by atoms with van der Waals surface area (Å²) >= 11 is 0. The summed E-state index contributed by atoms with van der Waals surface area (Å²) in [4.78, 5) is 33.1. The van der Waals surface area contributed by atoms with Gasteiger partial charge in [-0.3, -0.25) is 9.59 Å². The molecule has 0 saturated heterocycles. The Balaban J connectivity index is 4.77. The van der Waals surface area contributed by atoms with Gasteiger partial charge in [0.1, 0.15) is 0 Å². The molecule has 0 aromatic rings. The van der Waals surface area contributed by atoms with E-state index < -0.39 is 35.7 Å². The van der Waals surface area contributed by atoms with Crippen LogP contribution in [0, 0.1) is 0 Å². The molecule has 0 amide bonds. The van der Waals surface area contributed by atoms with Gasteiger partial charge in [0, 0.05) is 0 Å². The molecule has 0 radical (unpaired) electrons. The number of carbonyl (C=O) groups excluding carboxylic acids is 1. The van der Waals surface area contributed by atoms with Crippen LogP contribution in [0.3, 0.4) is 0 Å². The fraction of sp³-hybridized carbons (Fsp3) is 0.625. The van der Waals surface area contributed by atoms with Crippen LogP contribution in [0.25, 0.3) is 1.43 Å². The average Bonchev–Trinajstić information content (AvgIpc) is 2.26. The molecule has 0 aromatic carbocycles. The van der Waals surface area contributed by atoms with Gasteiger partial charge in [-0.05, 0) is 6.42 Å². The van der Waals surface area contributed by atoms with Gasteiger partial charge in [0.2, 0.25) is 0 Å². The molecular formula is C8H14N2O5. The number of rotatable bonds is 6. The lowest BCUT2D eigenvalue weighted by atomic mass is 9.87. The highest BCUT2D eigenvalue weighted by Crippen LogP contribution is 2.11. The molecule has 0 spiro atoms. The topological polar surface area (TPSA) is 144 Å². The molecule has 0 aliphatic rings. The van der Waals surface area contributed by atoms with Crippen LogP contribution in [0.15, 0.2) is 0 Å². The van der Waals surface area contributed by atoms with Gasteiger partial charge < -0.3 is 21.7 Å². The van der Waals surface area contributed by atoms with E-state index in [1.807, 2.05) is 0 Å². The Kier molecular flexibility index (Phi) is 3.75. The van der Waals surface area contributed by atoms with Crippen molar-refractivity contribution in [1.29, 1.82) is 1.43 Å². The summed E-state index contributed by atoms with van der Waals surface area (Å²) in [6.45, 7) is 1.42. The lowest BCUT2D eigenvalue weighted by Crippen LogP contribution is -2.60. The van der Waals surface area contributed by atoms with Crippen molar-refractivity contribution >= 4 is 17.7 Å². The summed E-state index contributed by atoms with van der Waals surface area (Å²) in [6.07, 6.45) is -0.723. The van der Waals surface area contributed by atoms with Gasteiger partial charge in [-0.2, -0.15) is 0 Å². The molecule has 0 heterocycles. The molecule has 0 fully saturated rings. The van der Waals surface area contributed by atoms with E-state index in [0.29, 0.717) is 0 Å². The van der Waals surface area contributed by atoms with Gasteiger partial charge >= 0.3 is 11.9 Å². The molecule has 0 aromatic heterocycles. The van der Waals surface area contributed by atoms with E-state index in [-0.39, 0.29) is 6.42 Å². The number of ketones is 1. The number of hydrogen-bond donors (Lipinski definition) is 4. The normalized spacial score (nSPS) is 17.1. The fourth-order valence-corrected chi connectivity index (χ4v) is 1.03. The number of hydrogen-bond acceptors (Lipinski definition) is 6. The molecule has 0 aliphatic heterocycles. The SMILES string of the molecule is [2H]OC(=O)C[C@H](N)C(=O)C(N)(CC)C(=O)O. The molecule has 0 rings (SSSR count). The lowest BCUT2D eigenvalue weighted by Gasteiger charge is -2.23. The number of aliphatic carboxylic acids is 2. The fourth-order valence-electron chi connectivity index (χ4n) is 1.03. The predicted octanol–water partition coefficient (Wildman–Crippen LogP) is -1.45. The van der Waals surface area contributed by atoms with Crippen LogP contribution in [0.5, 0.6) is 0 Å². The maximum absolute atomic E-state index is 11.6. The maximum atomic E-state index is 11.6. The van der Waals surface area contributed by atoms with Gasteiger partial charge in [-0.25, -0.2) is 4.79 Å². The third-order valence-corrected chi connectivity index (χ3v) is 2.10. The van der Waals surface area contributed by atoms with Crippen LogP contribution >= 0.6 is 0 Å². The molecule has 0 bridgehead atoms. The third kappa shape index (κ3) is 3.00. The first kappa shape index (κ1) is 11.6. The molecule has 0 saturated carbocycles. The maximum Gasteiger partial charge on any atom is 0.331 e. The Hall–Kier alpha value is -1.47. The van der Waals surface area contributed by atoms with Gasteiger partial charge in [-0.1, -0.05) is 6.92 Å². The van der Waals surface area contributed by atoms with E-state index >= 15 is 0 Å². The quantitative estimate of drug-likeness (QED) is 0.400. The van der Waals surface area contributed by atoms with Gasteiger partial charge in [0.05, 0.1) is 12.5 Å². The molecule has 1 unspecified atom stereocenters. The zero-order valence-electron chi connectivity index (χ0n) is 9.23. The van der Waals surface area contributed by atoms with E-state index in [1.165, 1.54) is 6.92 Å². The van der Waals surface area contributed by atoms with Crippen LogP contribution in [-0.4, -0.2) is 39.5 Å². The number of carbonyl (C=O) groups is 3. The zero-order valence-corrected chi connectivity index (χ0v) is 8.23. The predicted molar refractivity (Wildman–Crippen MR) is 50.1 cm³/mol. The molecule has 7 nitrogen and oxygen atoms in total. The molecule has 2 atom stereocenters. The summed E-state index contributed by atoms with van der Waals surface area (Å²) in [5, 5.41) is 12.4. The van der Waals surface area contributed by atoms with Crippen LogP contribution in [0.2, 0.25) is 0 Å². The van der Waals surface area contributed by atoms with Crippen molar-refractivity contribution in [1.82, 2.24) is 0 Å². The Morgan fingerprint density at radius 2 is 2.07 bits per heavy atom. The van der Waals surface area contributed by atoms with E-state index in [4.69, 9.17) is 18.0 Å². The third-order valence-electron chi connectivity index (χ3n) is 2.10. The smallest absolute Gasteiger partial charge is 0.331 e. The second-order valence-corrected chi connectivity index (χ2v) is 3.18.